The van der Waals surface area contributed by atoms with E-state index in [4.69, 9.17) is 9.47 Å². The molecule has 2 rings (SSSR count). The van der Waals surface area contributed by atoms with E-state index < -0.39 is 30.1 Å². The summed E-state index contributed by atoms with van der Waals surface area (Å²) in [5.41, 5.74) is 1.81. The molecule has 2 atom stereocenters. The molecule has 0 aromatic heterocycles. The predicted octanol–water partition coefficient (Wildman–Crippen LogP) is 3.70. The second-order valence-corrected chi connectivity index (χ2v) is 7.56. The van der Waals surface area contributed by atoms with Gasteiger partial charge in [-0.2, -0.15) is 0 Å². The van der Waals surface area contributed by atoms with Gasteiger partial charge in [0, 0.05) is 0 Å². The molecule has 2 amide bonds. The lowest BCUT2D eigenvalue weighted by Crippen LogP contribution is -2.53. The number of hydrogen-bond acceptors (Lipinski definition) is 5. The van der Waals surface area contributed by atoms with Crippen molar-refractivity contribution in [1.29, 1.82) is 0 Å². The molecule has 32 heavy (non-hydrogen) atoms. The molecule has 0 radical (unpaired) electrons. The number of carbonyl (C=O) groups excluding carboxylic acids is 3. The first-order valence-electron chi connectivity index (χ1n) is 10.5. The van der Waals surface area contributed by atoms with Gasteiger partial charge in [-0.25, -0.2) is 9.59 Å². The quantitative estimate of drug-likeness (QED) is 0.552. The normalized spacial score (nSPS) is 12.8. The van der Waals surface area contributed by atoms with Crippen molar-refractivity contribution in [2.75, 3.05) is 7.11 Å². The fourth-order valence-electron chi connectivity index (χ4n) is 2.95. The van der Waals surface area contributed by atoms with E-state index in [2.05, 4.69) is 10.6 Å². The summed E-state index contributed by atoms with van der Waals surface area (Å²) >= 11 is 0. The van der Waals surface area contributed by atoms with Crippen LogP contribution in [0.2, 0.25) is 0 Å². The van der Waals surface area contributed by atoms with E-state index in [-0.39, 0.29) is 18.9 Å². The minimum atomic E-state index is -0.879. The van der Waals surface area contributed by atoms with E-state index in [1.165, 1.54) is 7.11 Å². The van der Waals surface area contributed by atoms with Crippen molar-refractivity contribution in [1.82, 2.24) is 10.6 Å². The highest BCUT2D eigenvalue weighted by molar-refractivity contribution is 5.90. The third-order valence-corrected chi connectivity index (χ3v) is 4.72. The standard InChI is InChI=1S/C25H30N2O5/c1-18(2)22(27-25(30)32-17-20-13-8-5-9-14-20)23(28)26-21(24(29)31-3)16-10-15-19-11-6-4-7-12-19/h4-15,18,21-22H,16-17H2,1-3H3,(H,26,28)(H,27,30)/b15-10+/t21-,22-/m1/s1. The number of ether oxygens (including phenoxy) is 2. The number of benzene rings is 2. The molecule has 0 heterocycles. The van der Waals surface area contributed by atoms with Crippen molar-refractivity contribution >= 4 is 24.0 Å². The van der Waals surface area contributed by atoms with E-state index in [0.29, 0.717) is 0 Å². The molecule has 0 aliphatic carbocycles. The number of alkyl carbamates (subject to hydrolysis) is 1. The van der Waals surface area contributed by atoms with Gasteiger partial charge in [0.05, 0.1) is 7.11 Å². The molecule has 2 aromatic carbocycles. The largest absolute Gasteiger partial charge is 0.467 e. The number of hydrogen-bond donors (Lipinski definition) is 2. The van der Waals surface area contributed by atoms with Crippen molar-refractivity contribution in [2.45, 2.75) is 39.0 Å². The molecule has 0 unspecified atom stereocenters. The number of rotatable bonds is 10. The third kappa shape index (κ3) is 8.26. The molecule has 0 saturated heterocycles. The van der Waals surface area contributed by atoms with Crippen LogP contribution in [-0.2, 0) is 25.7 Å². The first-order valence-corrected chi connectivity index (χ1v) is 10.5. The van der Waals surface area contributed by atoms with Gasteiger partial charge in [-0.1, -0.05) is 86.7 Å². The molecule has 0 bridgehead atoms. The Morgan fingerprint density at radius 2 is 1.56 bits per heavy atom. The van der Waals surface area contributed by atoms with Gasteiger partial charge in [-0.05, 0) is 23.5 Å². The summed E-state index contributed by atoms with van der Waals surface area (Å²) in [6.07, 6.45) is 3.20. The molecular formula is C25H30N2O5. The highest BCUT2D eigenvalue weighted by Gasteiger charge is 2.29. The predicted molar refractivity (Wildman–Crippen MR) is 122 cm³/mol. The second kappa shape index (κ2) is 12.9. The Balaban J connectivity index is 1.96. The van der Waals surface area contributed by atoms with Gasteiger partial charge in [0.2, 0.25) is 5.91 Å². The molecule has 7 heteroatoms. The highest BCUT2D eigenvalue weighted by Crippen LogP contribution is 2.08. The summed E-state index contributed by atoms with van der Waals surface area (Å²) < 4.78 is 10.0. The maximum atomic E-state index is 12.8. The second-order valence-electron chi connectivity index (χ2n) is 7.56. The van der Waals surface area contributed by atoms with Crippen LogP contribution in [0.25, 0.3) is 6.08 Å². The maximum Gasteiger partial charge on any atom is 0.408 e. The lowest BCUT2D eigenvalue weighted by Gasteiger charge is -2.24. The topological polar surface area (TPSA) is 93.7 Å². The van der Waals surface area contributed by atoms with E-state index >= 15 is 0 Å². The number of carbonyl (C=O) groups is 3. The van der Waals surface area contributed by atoms with Crippen LogP contribution in [0.15, 0.2) is 66.7 Å². The Morgan fingerprint density at radius 1 is 0.938 bits per heavy atom. The van der Waals surface area contributed by atoms with Crippen molar-refractivity contribution in [2.24, 2.45) is 5.92 Å². The zero-order valence-corrected chi connectivity index (χ0v) is 18.6. The van der Waals surface area contributed by atoms with Crippen molar-refractivity contribution < 1.29 is 23.9 Å². The summed E-state index contributed by atoms with van der Waals surface area (Å²) in [5, 5.41) is 5.27. The van der Waals surface area contributed by atoms with Gasteiger partial charge < -0.3 is 20.1 Å². The first kappa shape index (κ1) is 24.7. The fourth-order valence-corrected chi connectivity index (χ4v) is 2.95. The van der Waals surface area contributed by atoms with Crippen molar-refractivity contribution in [3.63, 3.8) is 0 Å². The molecule has 7 nitrogen and oxygen atoms in total. The zero-order chi connectivity index (χ0) is 23.3. The number of methoxy groups -OCH3 is 1. The van der Waals surface area contributed by atoms with Crippen LogP contribution in [0, 0.1) is 5.92 Å². The number of nitrogens with one attached hydrogen (secondary N) is 2. The van der Waals surface area contributed by atoms with Gasteiger partial charge in [-0.15, -0.1) is 0 Å². The van der Waals surface area contributed by atoms with Gasteiger partial charge >= 0.3 is 12.1 Å². The van der Waals surface area contributed by atoms with Gasteiger partial charge in [-0.3, -0.25) is 4.79 Å². The lowest BCUT2D eigenvalue weighted by molar-refractivity contribution is -0.145. The molecule has 2 N–H and O–H groups in total. The zero-order valence-electron chi connectivity index (χ0n) is 18.6. The average Bonchev–Trinajstić information content (AvgIpc) is 2.81. The van der Waals surface area contributed by atoms with Crippen molar-refractivity contribution in [3.05, 3.63) is 77.9 Å². The highest BCUT2D eigenvalue weighted by atomic mass is 16.5. The number of amides is 2. The third-order valence-electron chi connectivity index (χ3n) is 4.72. The van der Waals surface area contributed by atoms with Crippen LogP contribution >= 0.6 is 0 Å². The van der Waals surface area contributed by atoms with Crippen LogP contribution in [0.1, 0.15) is 31.4 Å². The summed E-state index contributed by atoms with van der Waals surface area (Å²) in [7, 11) is 1.27. The lowest BCUT2D eigenvalue weighted by atomic mass is 10.0. The Labute approximate surface area is 188 Å². The summed E-state index contributed by atoms with van der Waals surface area (Å²) in [5.74, 6) is -1.28. The van der Waals surface area contributed by atoms with Gasteiger partial charge in [0.25, 0.3) is 0 Å². The smallest absolute Gasteiger partial charge is 0.408 e. The van der Waals surface area contributed by atoms with E-state index in [1.807, 2.05) is 66.7 Å². The average molecular weight is 439 g/mol. The Kier molecular flexibility index (Phi) is 9.97. The van der Waals surface area contributed by atoms with E-state index in [9.17, 15) is 14.4 Å². The van der Waals surface area contributed by atoms with Crippen LogP contribution in [-0.4, -0.2) is 37.2 Å². The minimum Gasteiger partial charge on any atom is -0.467 e. The molecule has 0 fully saturated rings. The summed E-state index contributed by atoms with van der Waals surface area (Å²) in [4.78, 5) is 37.3. The SMILES string of the molecule is COC(=O)[C@@H](C/C=C/c1ccccc1)NC(=O)[C@H](NC(=O)OCc1ccccc1)C(C)C. The van der Waals surface area contributed by atoms with Crippen LogP contribution in [0.4, 0.5) is 4.79 Å². The summed E-state index contributed by atoms with van der Waals surface area (Å²) in [6.45, 7) is 3.68. The minimum absolute atomic E-state index is 0.0914. The Morgan fingerprint density at radius 3 is 2.16 bits per heavy atom. The molecular weight excluding hydrogens is 408 g/mol. The molecule has 170 valence electrons. The molecule has 0 spiro atoms. The van der Waals surface area contributed by atoms with E-state index in [1.54, 1.807) is 19.9 Å². The molecule has 2 aromatic rings. The van der Waals surface area contributed by atoms with Gasteiger partial charge in [0.1, 0.15) is 18.7 Å². The summed E-state index contributed by atoms with van der Waals surface area (Å²) in [6, 6.07) is 17.1. The monoisotopic (exact) mass is 438 g/mol. The van der Waals surface area contributed by atoms with Crippen LogP contribution in [0.3, 0.4) is 0 Å². The van der Waals surface area contributed by atoms with Crippen LogP contribution < -0.4 is 10.6 Å². The fraction of sp³-hybridized carbons (Fsp3) is 0.320. The van der Waals surface area contributed by atoms with Gasteiger partial charge in [0.15, 0.2) is 0 Å². The molecule has 0 saturated carbocycles. The first-order chi connectivity index (χ1) is 15.4. The Bertz CT molecular complexity index is 897. The van der Waals surface area contributed by atoms with Crippen LogP contribution in [0.5, 0.6) is 0 Å². The maximum absolute atomic E-state index is 12.8. The Hall–Kier alpha value is -3.61. The number of esters is 1. The van der Waals surface area contributed by atoms with E-state index in [0.717, 1.165) is 11.1 Å². The van der Waals surface area contributed by atoms with Crippen molar-refractivity contribution in [3.8, 4) is 0 Å². The molecule has 0 aliphatic rings. The molecule has 0 aliphatic heterocycles.